The second-order valence-corrected chi connectivity index (χ2v) is 12.5. The lowest BCUT2D eigenvalue weighted by atomic mass is 10.1. The Bertz CT molecular complexity index is 1420. The van der Waals surface area contributed by atoms with Crippen molar-refractivity contribution in [2.45, 2.75) is 58.5 Å². The van der Waals surface area contributed by atoms with Crippen LogP contribution in [0.3, 0.4) is 0 Å². The summed E-state index contributed by atoms with van der Waals surface area (Å²) >= 11 is 0. The number of nitrogens with zero attached hydrogens (tertiary/aromatic N) is 2. The minimum absolute atomic E-state index is 0.0607. The van der Waals surface area contributed by atoms with E-state index in [0.717, 1.165) is 21.0 Å². The maximum Gasteiger partial charge on any atom is 0.264 e. The Balaban J connectivity index is 2.06. The third kappa shape index (κ3) is 8.33. The third-order valence-electron chi connectivity index (χ3n) is 6.77. The normalized spacial score (nSPS) is 12.1. The molecule has 0 aromatic heterocycles. The van der Waals surface area contributed by atoms with Crippen molar-refractivity contribution < 1.29 is 22.7 Å². The number of aryl methyl sites for hydroxylation is 2. The van der Waals surface area contributed by atoms with Crippen LogP contribution in [0.5, 0.6) is 5.75 Å². The molecule has 2 amide bonds. The summed E-state index contributed by atoms with van der Waals surface area (Å²) in [5.41, 5.74) is 3.11. The summed E-state index contributed by atoms with van der Waals surface area (Å²) in [5, 5.41) is 2.94. The summed E-state index contributed by atoms with van der Waals surface area (Å²) in [6.45, 7) is 9.82. The minimum atomic E-state index is -4.15. The Morgan fingerprint density at radius 1 is 0.927 bits per heavy atom. The molecule has 220 valence electrons. The molecular weight excluding hydrogens is 538 g/mol. The molecule has 3 aromatic carbocycles. The first-order valence-corrected chi connectivity index (χ1v) is 15.3. The molecule has 0 saturated heterocycles. The van der Waals surface area contributed by atoms with E-state index in [0.29, 0.717) is 18.7 Å². The van der Waals surface area contributed by atoms with Gasteiger partial charge in [0.25, 0.3) is 10.0 Å². The van der Waals surface area contributed by atoms with Gasteiger partial charge in [0.05, 0.1) is 17.7 Å². The Morgan fingerprint density at radius 2 is 1.54 bits per heavy atom. The summed E-state index contributed by atoms with van der Waals surface area (Å²) in [6, 6.07) is 20.0. The van der Waals surface area contributed by atoms with Crippen LogP contribution in [-0.4, -0.2) is 51.4 Å². The topological polar surface area (TPSA) is 96.0 Å². The van der Waals surface area contributed by atoms with Gasteiger partial charge in [-0.15, -0.1) is 0 Å². The predicted octanol–water partition coefficient (Wildman–Crippen LogP) is 5.09. The molecule has 9 heteroatoms. The van der Waals surface area contributed by atoms with Crippen LogP contribution in [0.1, 0.15) is 43.9 Å². The van der Waals surface area contributed by atoms with Crippen LogP contribution >= 0.6 is 0 Å². The van der Waals surface area contributed by atoms with Gasteiger partial charge in [-0.25, -0.2) is 8.42 Å². The zero-order chi connectivity index (χ0) is 30.2. The number of rotatable bonds is 13. The molecule has 0 spiro atoms. The smallest absolute Gasteiger partial charge is 0.264 e. The average molecular weight is 580 g/mol. The quantitative estimate of drug-likeness (QED) is 0.305. The highest BCUT2D eigenvalue weighted by Crippen LogP contribution is 2.28. The Labute approximate surface area is 244 Å². The van der Waals surface area contributed by atoms with Gasteiger partial charge < -0.3 is 15.0 Å². The van der Waals surface area contributed by atoms with E-state index in [2.05, 4.69) is 5.32 Å². The molecular formula is C32H41N3O5S. The van der Waals surface area contributed by atoms with Crippen LogP contribution in [0.25, 0.3) is 0 Å². The van der Waals surface area contributed by atoms with Crippen LogP contribution in [0, 0.1) is 19.8 Å². The van der Waals surface area contributed by atoms with E-state index < -0.39 is 28.5 Å². The number of anilines is 1. The molecule has 41 heavy (non-hydrogen) atoms. The fourth-order valence-corrected chi connectivity index (χ4v) is 5.77. The number of amides is 2. The highest BCUT2D eigenvalue weighted by Gasteiger charge is 2.33. The second-order valence-electron chi connectivity index (χ2n) is 10.6. The number of carbonyl (C=O) groups is 2. The fraction of sp³-hybridized carbons (Fsp3) is 0.375. The molecule has 1 N–H and O–H groups in total. The van der Waals surface area contributed by atoms with Crippen molar-refractivity contribution in [1.29, 1.82) is 0 Å². The van der Waals surface area contributed by atoms with Gasteiger partial charge in [0.2, 0.25) is 11.8 Å². The Hall–Kier alpha value is -3.85. The number of benzene rings is 3. The third-order valence-corrected chi connectivity index (χ3v) is 8.56. The first-order valence-electron chi connectivity index (χ1n) is 13.8. The zero-order valence-corrected chi connectivity index (χ0v) is 25.6. The van der Waals surface area contributed by atoms with E-state index in [1.54, 1.807) is 36.4 Å². The van der Waals surface area contributed by atoms with Crippen molar-refractivity contribution in [1.82, 2.24) is 10.2 Å². The first-order chi connectivity index (χ1) is 19.5. The summed E-state index contributed by atoms with van der Waals surface area (Å²) < 4.78 is 34.4. The van der Waals surface area contributed by atoms with Crippen LogP contribution in [0.15, 0.2) is 77.7 Å². The molecule has 0 aliphatic heterocycles. The van der Waals surface area contributed by atoms with Crippen molar-refractivity contribution in [2.24, 2.45) is 5.92 Å². The van der Waals surface area contributed by atoms with Crippen LogP contribution in [-0.2, 0) is 26.2 Å². The number of nitrogens with one attached hydrogen (secondary N) is 1. The molecule has 8 nitrogen and oxygen atoms in total. The summed E-state index contributed by atoms with van der Waals surface area (Å²) in [7, 11) is -2.65. The molecule has 0 saturated carbocycles. The highest BCUT2D eigenvalue weighted by atomic mass is 32.2. The standard InChI is InChI=1S/C32H41N3O5S/c1-7-30(32(37)33-20-23(2)3)34(21-26-15-11-24(4)12-16-26)31(36)22-35(27-9-8-10-28(19-27)40-6)41(38,39)29-17-13-25(5)14-18-29/h8-19,23,30H,7,20-22H2,1-6H3,(H,33,37)/t30-/m1/s1. The molecule has 0 unspecified atom stereocenters. The van der Waals surface area contributed by atoms with Gasteiger partial charge in [0.1, 0.15) is 18.3 Å². The summed E-state index contributed by atoms with van der Waals surface area (Å²) in [4.78, 5) is 29.0. The number of hydrogen-bond acceptors (Lipinski definition) is 5. The van der Waals surface area contributed by atoms with Crippen LogP contribution < -0.4 is 14.4 Å². The maximum atomic E-state index is 14.1. The Kier molecular flexibility index (Phi) is 10.9. The maximum absolute atomic E-state index is 14.1. The van der Waals surface area contributed by atoms with Crippen LogP contribution in [0.4, 0.5) is 5.69 Å². The minimum Gasteiger partial charge on any atom is -0.497 e. The highest BCUT2D eigenvalue weighted by molar-refractivity contribution is 7.92. The van der Waals surface area contributed by atoms with Crippen molar-refractivity contribution in [2.75, 3.05) is 24.5 Å². The molecule has 0 aliphatic carbocycles. The van der Waals surface area contributed by atoms with E-state index in [-0.39, 0.29) is 29.0 Å². The van der Waals surface area contributed by atoms with E-state index in [1.807, 2.05) is 58.9 Å². The molecule has 0 radical (unpaired) electrons. The van der Waals surface area contributed by atoms with Gasteiger partial charge >= 0.3 is 0 Å². The number of methoxy groups -OCH3 is 1. The Morgan fingerprint density at radius 3 is 2.10 bits per heavy atom. The number of hydrogen-bond donors (Lipinski definition) is 1. The van der Waals surface area contributed by atoms with Crippen molar-refractivity contribution >= 4 is 27.5 Å². The molecule has 1 atom stereocenters. The number of ether oxygens (including phenoxy) is 1. The van der Waals surface area contributed by atoms with Gasteiger partial charge in [-0.1, -0.05) is 74.4 Å². The predicted molar refractivity (Wildman–Crippen MR) is 162 cm³/mol. The van der Waals surface area contributed by atoms with Gasteiger partial charge in [0.15, 0.2) is 0 Å². The van der Waals surface area contributed by atoms with Gasteiger partial charge in [-0.3, -0.25) is 13.9 Å². The largest absolute Gasteiger partial charge is 0.497 e. The van der Waals surface area contributed by atoms with E-state index >= 15 is 0 Å². The van der Waals surface area contributed by atoms with E-state index in [4.69, 9.17) is 4.74 Å². The monoisotopic (exact) mass is 579 g/mol. The van der Waals surface area contributed by atoms with Crippen molar-refractivity contribution in [3.05, 3.63) is 89.5 Å². The van der Waals surface area contributed by atoms with Gasteiger partial charge in [0, 0.05) is 19.2 Å². The molecule has 3 rings (SSSR count). The van der Waals surface area contributed by atoms with Crippen molar-refractivity contribution in [3.63, 3.8) is 0 Å². The lowest BCUT2D eigenvalue weighted by Gasteiger charge is -2.33. The summed E-state index contributed by atoms with van der Waals surface area (Å²) in [6.07, 6.45) is 0.366. The molecule has 3 aromatic rings. The fourth-order valence-electron chi connectivity index (χ4n) is 4.36. The van der Waals surface area contributed by atoms with Gasteiger partial charge in [-0.2, -0.15) is 0 Å². The molecule has 0 fully saturated rings. The number of sulfonamides is 1. The number of carbonyl (C=O) groups excluding carboxylic acids is 2. The van der Waals surface area contributed by atoms with Crippen LogP contribution in [0.2, 0.25) is 0 Å². The first kappa shape index (κ1) is 31.7. The molecule has 0 bridgehead atoms. The lowest BCUT2D eigenvalue weighted by molar-refractivity contribution is -0.140. The molecule has 0 heterocycles. The SMILES string of the molecule is CC[C@H](C(=O)NCC(C)C)N(Cc1ccc(C)cc1)C(=O)CN(c1cccc(OC)c1)S(=O)(=O)c1ccc(C)cc1. The lowest BCUT2D eigenvalue weighted by Crippen LogP contribution is -2.52. The average Bonchev–Trinajstić information content (AvgIpc) is 2.95. The van der Waals surface area contributed by atoms with Gasteiger partial charge in [-0.05, 0) is 56.0 Å². The van der Waals surface area contributed by atoms with Crippen molar-refractivity contribution in [3.8, 4) is 5.75 Å². The molecule has 0 aliphatic rings. The van der Waals surface area contributed by atoms with E-state index in [1.165, 1.54) is 24.1 Å². The van der Waals surface area contributed by atoms with E-state index in [9.17, 15) is 18.0 Å². The zero-order valence-electron chi connectivity index (χ0n) is 24.8. The second kappa shape index (κ2) is 14.2. The summed E-state index contributed by atoms with van der Waals surface area (Å²) in [5.74, 6) is -0.0670.